The predicted octanol–water partition coefficient (Wildman–Crippen LogP) is 0.873. The van der Waals surface area contributed by atoms with E-state index in [1.807, 2.05) is 13.0 Å². The minimum atomic E-state index is 0.00936. The van der Waals surface area contributed by atoms with Gasteiger partial charge in [-0.15, -0.1) is 0 Å². The smallest absolute Gasteiger partial charge is 0.242 e. The van der Waals surface area contributed by atoms with Crippen LogP contribution in [-0.2, 0) is 4.79 Å². The molecular formula is C14H23N5O. The summed E-state index contributed by atoms with van der Waals surface area (Å²) in [7, 11) is 0. The van der Waals surface area contributed by atoms with Gasteiger partial charge in [0.2, 0.25) is 5.91 Å². The van der Waals surface area contributed by atoms with Crippen LogP contribution in [0.25, 0.3) is 0 Å². The summed E-state index contributed by atoms with van der Waals surface area (Å²) in [6.07, 6.45) is 4.36. The van der Waals surface area contributed by atoms with E-state index in [4.69, 9.17) is 0 Å². The van der Waals surface area contributed by atoms with Crippen LogP contribution < -0.4 is 10.6 Å². The number of carbonyl (C=O) groups is 1. The minimum absolute atomic E-state index is 0.00936. The Balaban J connectivity index is 1.63. The number of hydrogen-bond acceptors (Lipinski definition) is 4. The van der Waals surface area contributed by atoms with E-state index in [0.717, 1.165) is 51.0 Å². The highest BCUT2D eigenvalue weighted by Crippen LogP contribution is 2.25. The van der Waals surface area contributed by atoms with E-state index in [2.05, 4.69) is 25.7 Å². The normalized spacial score (nSPS) is 24.9. The van der Waals surface area contributed by atoms with Gasteiger partial charge in [0, 0.05) is 17.8 Å². The third-order valence-corrected chi connectivity index (χ3v) is 4.33. The van der Waals surface area contributed by atoms with Crippen molar-refractivity contribution in [2.45, 2.75) is 44.7 Å². The number of likely N-dealkylation sites (tertiary alicyclic amines) is 1. The quantitative estimate of drug-likeness (QED) is 0.766. The van der Waals surface area contributed by atoms with E-state index in [9.17, 15) is 4.79 Å². The zero-order valence-corrected chi connectivity index (χ0v) is 12.0. The lowest BCUT2D eigenvalue weighted by Crippen LogP contribution is -2.49. The Bertz CT molecular complexity index is 466. The average Bonchev–Trinajstić information content (AvgIpc) is 3.09. The van der Waals surface area contributed by atoms with Gasteiger partial charge in [-0.25, -0.2) is 0 Å². The number of hydrogen-bond donors (Lipinski definition) is 3. The summed E-state index contributed by atoms with van der Waals surface area (Å²) >= 11 is 0. The molecule has 2 fully saturated rings. The van der Waals surface area contributed by atoms with Gasteiger partial charge in [-0.3, -0.25) is 14.8 Å². The molecular weight excluding hydrogens is 254 g/mol. The summed E-state index contributed by atoms with van der Waals surface area (Å²) in [6.45, 7) is 5.10. The highest BCUT2D eigenvalue weighted by atomic mass is 16.2. The Labute approximate surface area is 119 Å². The van der Waals surface area contributed by atoms with Crippen LogP contribution in [0.4, 0.5) is 5.82 Å². The van der Waals surface area contributed by atoms with Gasteiger partial charge in [0.1, 0.15) is 0 Å². The van der Waals surface area contributed by atoms with Crippen LogP contribution in [0.2, 0.25) is 0 Å². The van der Waals surface area contributed by atoms with E-state index in [0.29, 0.717) is 11.9 Å². The van der Waals surface area contributed by atoms with Gasteiger partial charge in [-0.1, -0.05) is 0 Å². The second-order valence-electron chi connectivity index (χ2n) is 5.80. The van der Waals surface area contributed by atoms with Gasteiger partial charge >= 0.3 is 0 Å². The number of aryl methyl sites for hydroxylation is 1. The maximum absolute atomic E-state index is 12.5. The second-order valence-corrected chi connectivity index (χ2v) is 5.80. The van der Waals surface area contributed by atoms with Crippen LogP contribution >= 0.6 is 0 Å². The molecule has 3 N–H and O–H groups in total. The van der Waals surface area contributed by atoms with Crippen molar-refractivity contribution in [3.63, 3.8) is 0 Å². The van der Waals surface area contributed by atoms with E-state index in [1.165, 1.54) is 0 Å². The molecule has 0 radical (unpaired) electrons. The number of nitrogens with zero attached hydrogens (tertiary/aromatic N) is 2. The fourth-order valence-electron chi connectivity index (χ4n) is 3.34. The molecule has 3 rings (SSSR count). The predicted molar refractivity (Wildman–Crippen MR) is 77.6 cm³/mol. The molecule has 6 nitrogen and oxygen atoms in total. The number of amides is 1. The van der Waals surface area contributed by atoms with Crippen molar-refractivity contribution in [2.75, 3.05) is 25.0 Å². The minimum Gasteiger partial charge on any atom is -0.317 e. The molecule has 0 aromatic carbocycles. The Morgan fingerprint density at radius 2 is 2.20 bits per heavy atom. The van der Waals surface area contributed by atoms with E-state index >= 15 is 0 Å². The molecule has 1 atom stereocenters. The molecule has 1 aromatic heterocycles. The fraction of sp³-hybridized carbons (Fsp3) is 0.714. The van der Waals surface area contributed by atoms with Gasteiger partial charge in [0.15, 0.2) is 5.82 Å². The van der Waals surface area contributed by atoms with Crippen LogP contribution in [0.15, 0.2) is 6.07 Å². The number of aromatic nitrogens is 2. The van der Waals surface area contributed by atoms with Crippen molar-refractivity contribution in [1.29, 1.82) is 0 Å². The van der Waals surface area contributed by atoms with Gasteiger partial charge in [0.25, 0.3) is 0 Å². The molecule has 0 bridgehead atoms. The lowest BCUT2D eigenvalue weighted by atomic mass is 10.0. The van der Waals surface area contributed by atoms with E-state index in [-0.39, 0.29) is 11.9 Å². The maximum atomic E-state index is 12.5. The summed E-state index contributed by atoms with van der Waals surface area (Å²) in [6, 6.07) is 2.42. The topological polar surface area (TPSA) is 73.1 Å². The maximum Gasteiger partial charge on any atom is 0.242 e. The number of carbonyl (C=O) groups excluding carboxylic acids is 1. The van der Waals surface area contributed by atoms with Crippen LogP contribution in [0, 0.1) is 6.92 Å². The van der Waals surface area contributed by atoms with E-state index in [1.54, 1.807) is 0 Å². The molecule has 6 heteroatoms. The first-order chi connectivity index (χ1) is 9.74. The molecule has 2 aliphatic heterocycles. The highest BCUT2D eigenvalue weighted by molar-refractivity contribution is 5.94. The van der Waals surface area contributed by atoms with Crippen LogP contribution in [0.5, 0.6) is 0 Å². The summed E-state index contributed by atoms with van der Waals surface area (Å²) in [5.74, 6) is 0.720. The van der Waals surface area contributed by atoms with Crippen molar-refractivity contribution in [3.8, 4) is 0 Å². The SMILES string of the molecule is Cc1cc(NC(=O)C2CCCN2C2CCNCC2)n[nH]1. The summed E-state index contributed by atoms with van der Waals surface area (Å²) in [5.41, 5.74) is 0.960. The van der Waals surface area contributed by atoms with E-state index < -0.39 is 0 Å². The third kappa shape index (κ3) is 2.86. The molecule has 1 unspecified atom stereocenters. The third-order valence-electron chi connectivity index (χ3n) is 4.33. The Hall–Kier alpha value is -1.40. The summed E-state index contributed by atoms with van der Waals surface area (Å²) in [4.78, 5) is 14.9. The number of aromatic amines is 1. The van der Waals surface area contributed by atoms with Gasteiger partial charge in [-0.05, 0) is 52.2 Å². The second kappa shape index (κ2) is 5.93. The molecule has 20 heavy (non-hydrogen) atoms. The zero-order chi connectivity index (χ0) is 13.9. The molecule has 0 aliphatic carbocycles. The number of H-pyrrole nitrogens is 1. The van der Waals surface area contributed by atoms with Crippen molar-refractivity contribution >= 4 is 11.7 Å². The van der Waals surface area contributed by atoms with Crippen LogP contribution in [0.3, 0.4) is 0 Å². The van der Waals surface area contributed by atoms with Crippen molar-refractivity contribution in [3.05, 3.63) is 11.8 Å². The number of piperidine rings is 1. The first-order valence-corrected chi connectivity index (χ1v) is 7.53. The molecule has 3 heterocycles. The number of rotatable bonds is 3. The van der Waals surface area contributed by atoms with Gasteiger partial charge < -0.3 is 10.6 Å². The van der Waals surface area contributed by atoms with Crippen LogP contribution in [0.1, 0.15) is 31.4 Å². The standard InChI is InChI=1S/C14H23N5O/c1-10-9-13(18-17-10)16-14(20)12-3-2-8-19(12)11-4-6-15-7-5-11/h9,11-12,15H,2-8H2,1H3,(H2,16,17,18,20). The van der Waals surface area contributed by atoms with Crippen molar-refractivity contribution in [1.82, 2.24) is 20.4 Å². The Morgan fingerprint density at radius 1 is 1.40 bits per heavy atom. The summed E-state index contributed by atoms with van der Waals surface area (Å²) in [5, 5.41) is 13.3. The largest absolute Gasteiger partial charge is 0.317 e. The lowest BCUT2D eigenvalue weighted by Gasteiger charge is -2.35. The summed E-state index contributed by atoms with van der Waals surface area (Å²) < 4.78 is 0. The molecule has 1 amide bonds. The van der Waals surface area contributed by atoms with Crippen molar-refractivity contribution < 1.29 is 4.79 Å². The zero-order valence-electron chi connectivity index (χ0n) is 12.0. The first-order valence-electron chi connectivity index (χ1n) is 7.53. The Kier molecular flexibility index (Phi) is 4.03. The molecule has 0 saturated carbocycles. The number of anilines is 1. The average molecular weight is 277 g/mol. The first kappa shape index (κ1) is 13.6. The Morgan fingerprint density at radius 3 is 2.90 bits per heavy atom. The monoisotopic (exact) mass is 277 g/mol. The lowest BCUT2D eigenvalue weighted by molar-refractivity contribution is -0.121. The van der Waals surface area contributed by atoms with Crippen molar-refractivity contribution in [2.24, 2.45) is 0 Å². The van der Waals surface area contributed by atoms with Gasteiger partial charge in [-0.2, -0.15) is 5.10 Å². The van der Waals surface area contributed by atoms with Gasteiger partial charge in [0.05, 0.1) is 6.04 Å². The van der Waals surface area contributed by atoms with Crippen LogP contribution in [-0.4, -0.2) is 52.7 Å². The molecule has 1 aromatic rings. The highest BCUT2D eigenvalue weighted by Gasteiger charge is 2.35. The molecule has 0 spiro atoms. The molecule has 110 valence electrons. The number of nitrogens with one attached hydrogen (secondary N) is 3. The molecule has 2 aliphatic rings. The molecule has 2 saturated heterocycles. The fourth-order valence-corrected chi connectivity index (χ4v) is 3.34.